The summed E-state index contributed by atoms with van der Waals surface area (Å²) in [7, 11) is -4.16. The van der Waals surface area contributed by atoms with E-state index in [1.165, 1.54) is 0 Å². The van der Waals surface area contributed by atoms with Gasteiger partial charge in [-0.25, -0.2) is 0 Å². The Kier molecular flexibility index (Phi) is 4.52. The second-order valence-electron chi connectivity index (χ2n) is 4.20. The van der Waals surface area contributed by atoms with Crippen LogP contribution >= 0.6 is 7.60 Å². The van der Waals surface area contributed by atoms with Gasteiger partial charge in [0.1, 0.15) is 5.75 Å². The summed E-state index contributed by atoms with van der Waals surface area (Å²) in [6, 6.07) is 12.8. The molecule has 0 saturated heterocycles. The smallest absolute Gasteiger partial charge is 0.339 e. The van der Waals surface area contributed by atoms with Gasteiger partial charge in [-0.05, 0) is 11.5 Å². The van der Waals surface area contributed by atoms with E-state index in [1.54, 1.807) is 12.1 Å². The van der Waals surface area contributed by atoms with Crippen molar-refractivity contribution in [2.45, 2.75) is 0 Å². The lowest BCUT2D eigenvalue weighted by molar-refractivity contribution is -0.133. The number of nitrogens with one attached hydrogen (secondary N) is 1. The van der Waals surface area contributed by atoms with Crippen molar-refractivity contribution in [3.05, 3.63) is 42.5 Å². The third kappa shape index (κ3) is 4.15. The highest BCUT2D eigenvalue weighted by molar-refractivity contribution is 7.51. The molecule has 2 aromatic rings. The second kappa shape index (κ2) is 6.15. The van der Waals surface area contributed by atoms with Gasteiger partial charge in [0.05, 0.1) is 12.8 Å². The summed E-state index contributed by atoms with van der Waals surface area (Å²) in [5, 5.41) is 4.11. The molecule has 0 amide bonds. The van der Waals surface area contributed by atoms with Gasteiger partial charge in [0.2, 0.25) is 0 Å². The molecule has 3 N–H and O–H groups in total. The van der Waals surface area contributed by atoms with Gasteiger partial charge in [0, 0.05) is 5.39 Å². The topological polar surface area (TPSA) is 95.9 Å². The zero-order chi connectivity index (χ0) is 14.6. The number of hydrogen-bond acceptors (Lipinski definition) is 4. The first kappa shape index (κ1) is 14.7. The normalized spacial score (nSPS) is 11.5. The van der Waals surface area contributed by atoms with Gasteiger partial charge in [0.15, 0.2) is 0 Å². The number of fused-ring (bicyclic) bond motifs is 1. The minimum atomic E-state index is -4.16. The molecule has 0 saturated carbocycles. The van der Waals surface area contributed by atoms with Crippen molar-refractivity contribution in [2.24, 2.45) is 0 Å². The van der Waals surface area contributed by atoms with E-state index < -0.39 is 19.9 Å². The van der Waals surface area contributed by atoms with E-state index in [9.17, 15) is 9.36 Å². The molecule has 106 valence electrons. The fraction of sp³-hybridized carbons (Fsp3) is 0.154. The summed E-state index contributed by atoms with van der Waals surface area (Å²) in [6.45, 7) is -0.270. The summed E-state index contributed by atoms with van der Waals surface area (Å²) >= 11 is 0. The monoisotopic (exact) mass is 295 g/mol. The highest BCUT2D eigenvalue weighted by atomic mass is 31.2. The van der Waals surface area contributed by atoms with Crippen molar-refractivity contribution in [1.29, 1.82) is 0 Å². The van der Waals surface area contributed by atoms with Crippen LogP contribution in [0.25, 0.3) is 10.8 Å². The van der Waals surface area contributed by atoms with Crippen molar-refractivity contribution < 1.29 is 23.9 Å². The molecule has 0 fully saturated rings. The number of carbonyl (C=O) groups excluding carboxylic acids is 1. The van der Waals surface area contributed by atoms with Crippen LogP contribution in [0, 0.1) is 0 Å². The third-order valence-electron chi connectivity index (χ3n) is 2.56. The maximum Gasteiger partial charge on any atom is 0.339 e. The van der Waals surface area contributed by atoms with E-state index in [2.05, 4.69) is 5.32 Å². The maximum absolute atomic E-state index is 11.6. The molecule has 20 heavy (non-hydrogen) atoms. The molecule has 0 spiro atoms. The summed E-state index contributed by atoms with van der Waals surface area (Å²) in [4.78, 5) is 28.9. The Bertz CT molecular complexity index is 661. The molecule has 0 radical (unpaired) electrons. The van der Waals surface area contributed by atoms with Crippen LogP contribution in [0.3, 0.4) is 0 Å². The first-order valence-corrected chi connectivity index (χ1v) is 7.69. The Labute approximate surface area is 115 Å². The lowest BCUT2D eigenvalue weighted by Gasteiger charge is -2.09. The zero-order valence-electron chi connectivity index (χ0n) is 10.5. The Morgan fingerprint density at radius 2 is 1.85 bits per heavy atom. The van der Waals surface area contributed by atoms with Crippen molar-refractivity contribution in [3.8, 4) is 5.75 Å². The molecule has 0 aliphatic heterocycles. The molecule has 0 aliphatic carbocycles. The third-order valence-corrected chi connectivity index (χ3v) is 3.20. The molecule has 6 nitrogen and oxygen atoms in total. The molecule has 2 rings (SSSR count). The largest absolute Gasteiger partial charge is 0.425 e. The van der Waals surface area contributed by atoms with Crippen LogP contribution in [0.2, 0.25) is 0 Å². The summed E-state index contributed by atoms with van der Waals surface area (Å²) in [5.41, 5.74) is 0. The Morgan fingerprint density at radius 1 is 1.15 bits per heavy atom. The van der Waals surface area contributed by atoms with E-state index in [-0.39, 0.29) is 6.54 Å². The minimum Gasteiger partial charge on any atom is -0.425 e. The highest BCUT2D eigenvalue weighted by Gasteiger charge is 2.14. The minimum absolute atomic E-state index is 0.270. The Morgan fingerprint density at radius 3 is 2.60 bits per heavy atom. The van der Waals surface area contributed by atoms with Crippen molar-refractivity contribution >= 4 is 24.3 Å². The number of benzene rings is 2. The van der Waals surface area contributed by atoms with Crippen molar-refractivity contribution in [1.82, 2.24) is 5.32 Å². The lowest BCUT2D eigenvalue weighted by Crippen LogP contribution is -2.27. The maximum atomic E-state index is 11.6. The summed E-state index contributed by atoms with van der Waals surface area (Å²) in [6.07, 6.45) is -0.558. The summed E-state index contributed by atoms with van der Waals surface area (Å²) < 4.78 is 15.8. The first-order valence-electron chi connectivity index (χ1n) is 5.89. The van der Waals surface area contributed by atoms with Gasteiger partial charge >= 0.3 is 13.6 Å². The predicted molar refractivity (Wildman–Crippen MR) is 74.5 cm³/mol. The molecule has 0 atom stereocenters. The predicted octanol–water partition coefficient (Wildman–Crippen LogP) is 1.47. The molecule has 7 heteroatoms. The quantitative estimate of drug-likeness (QED) is 0.439. The highest BCUT2D eigenvalue weighted by Crippen LogP contribution is 2.31. The van der Waals surface area contributed by atoms with Crippen LogP contribution in [0.5, 0.6) is 5.75 Å². The van der Waals surface area contributed by atoms with Crippen LogP contribution in [0.4, 0.5) is 0 Å². The van der Waals surface area contributed by atoms with Crippen LogP contribution in [-0.2, 0) is 9.36 Å². The number of hydrogen-bond donors (Lipinski definition) is 3. The van der Waals surface area contributed by atoms with Gasteiger partial charge in [-0.2, -0.15) is 0 Å². The van der Waals surface area contributed by atoms with Gasteiger partial charge in [-0.15, -0.1) is 0 Å². The Hall–Kier alpha value is -1.72. The molecule has 0 bridgehead atoms. The average molecular weight is 295 g/mol. The van der Waals surface area contributed by atoms with E-state index in [1.807, 2.05) is 30.3 Å². The van der Waals surface area contributed by atoms with Gasteiger partial charge < -0.3 is 14.5 Å². The fourth-order valence-corrected chi connectivity index (χ4v) is 2.15. The van der Waals surface area contributed by atoms with Gasteiger partial charge in [-0.1, -0.05) is 36.4 Å². The fourth-order valence-electron chi connectivity index (χ4n) is 1.75. The van der Waals surface area contributed by atoms with E-state index >= 15 is 0 Å². The number of esters is 1. The average Bonchev–Trinajstić information content (AvgIpc) is 2.37. The SMILES string of the molecule is O=C(CNCP(=O)(O)O)Oc1cccc2ccccc12. The molecular weight excluding hydrogens is 281 g/mol. The molecule has 2 aromatic carbocycles. The molecule has 0 aliphatic rings. The van der Waals surface area contributed by atoms with Crippen molar-refractivity contribution in [3.63, 3.8) is 0 Å². The number of carbonyl (C=O) groups is 1. The van der Waals surface area contributed by atoms with Crippen molar-refractivity contribution in [2.75, 3.05) is 12.8 Å². The summed E-state index contributed by atoms with van der Waals surface area (Å²) in [5.74, 6) is -0.180. The van der Waals surface area contributed by atoms with Crippen LogP contribution in [0.1, 0.15) is 0 Å². The van der Waals surface area contributed by atoms with E-state index in [0.717, 1.165) is 10.8 Å². The second-order valence-corrected chi connectivity index (χ2v) is 5.85. The molecule has 0 heterocycles. The van der Waals surface area contributed by atoms with Crippen LogP contribution < -0.4 is 10.1 Å². The van der Waals surface area contributed by atoms with Gasteiger partial charge in [0.25, 0.3) is 0 Å². The molecular formula is C13H14NO5P. The van der Waals surface area contributed by atoms with E-state index in [0.29, 0.717) is 5.75 Å². The Balaban J connectivity index is 2.01. The van der Waals surface area contributed by atoms with Crippen LogP contribution in [-0.4, -0.2) is 28.6 Å². The van der Waals surface area contributed by atoms with E-state index in [4.69, 9.17) is 14.5 Å². The standard InChI is InChI=1S/C13H14NO5P/c15-13(8-14-9-20(16,17)18)19-12-7-3-5-10-4-1-2-6-11(10)12/h1-7,14H,8-9H2,(H2,16,17,18). The zero-order valence-corrected chi connectivity index (χ0v) is 11.4. The van der Waals surface area contributed by atoms with Gasteiger partial charge in [-0.3, -0.25) is 14.7 Å². The lowest BCUT2D eigenvalue weighted by atomic mass is 10.1. The number of ether oxygens (including phenoxy) is 1. The first-order chi connectivity index (χ1) is 9.46. The number of rotatable bonds is 5. The molecule has 0 unspecified atom stereocenters. The molecule has 0 aromatic heterocycles. The van der Waals surface area contributed by atoms with Crippen LogP contribution in [0.15, 0.2) is 42.5 Å².